The van der Waals surface area contributed by atoms with Crippen LogP contribution in [0.4, 0.5) is 0 Å². The Labute approximate surface area is 187 Å². The van der Waals surface area contributed by atoms with Crippen LogP contribution in [-0.4, -0.2) is 37.0 Å². The highest BCUT2D eigenvalue weighted by atomic mass is 16.5. The molecule has 1 heterocycles. The van der Waals surface area contributed by atoms with Crippen LogP contribution in [0.1, 0.15) is 53.4 Å². The molecule has 7 heteroatoms. The number of aromatic amines is 1. The summed E-state index contributed by atoms with van der Waals surface area (Å²) >= 11 is 0. The minimum absolute atomic E-state index is 0.0262. The smallest absolute Gasteiger partial charge is 0.218 e. The summed E-state index contributed by atoms with van der Waals surface area (Å²) in [5, 5.41) is 0. The molecule has 3 aromatic rings. The molecule has 2 aromatic carbocycles. The number of amides is 1. The number of methoxy groups -OCH3 is 1. The lowest BCUT2D eigenvalue weighted by atomic mass is 9.88. The Morgan fingerprint density at radius 2 is 1.75 bits per heavy atom. The fraction of sp³-hybridized carbons (Fsp3) is 0.280. The zero-order valence-corrected chi connectivity index (χ0v) is 18.5. The molecule has 0 radical (unpaired) electrons. The van der Waals surface area contributed by atoms with E-state index in [0.29, 0.717) is 47.3 Å². The molecule has 32 heavy (non-hydrogen) atoms. The predicted molar refractivity (Wildman–Crippen MR) is 122 cm³/mol. The van der Waals surface area contributed by atoms with Gasteiger partial charge in [0.15, 0.2) is 17.3 Å². The summed E-state index contributed by atoms with van der Waals surface area (Å²) in [5.74, 6) is 0.682. The van der Waals surface area contributed by atoms with Gasteiger partial charge in [-0.25, -0.2) is 0 Å². The van der Waals surface area contributed by atoms with Gasteiger partial charge in [-0.05, 0) is 49.7 Å². The minimum atomic E-state index is -0.476. The van der Waals surface area contributed by atoms with E-state index in [1.807, 2.05) is 32.0 Å². The van der Waals surface area contributed by atoms with Crippen molar-refractivity contribution in [2.75, 3.05) is 20.3 Å². The van der Waals surface area contributed by atoms with Gasteiger partial charge in [0.2, 0.25) is 5.91 Å². The molecule has 1 aromatic heterocycles. The second-order valence-electron chi connectivity index (χ2n) is 7.16. The number of carbonyl (C=O) groups excluding carboxylic acids is 2. The number of ketones is 1. The van der Waals surface area contributed by atoms with Gasteiger partial charge in [-0.3, -0.25) is 9.59 Å². The highest BCUT2D eigenvalue weighted by Crippen LogP contribution is 2.36. The maximum Gasteiger partial charge on any atom is 0.218 e. The van der Waals surface area contributed by atoms with E-state index in [4.69, 9.17) is 19.9 Å². The summed E-state index contributed by atoms with van der Waals surface area (Å²) in [5.41, 5.74) is 7.94. The van der Waals surface area contributed by atoms with Crippen molar-refractivity contribution in [2.45, 2.75) is 26.2 Å². The van der Waals surface area contributed by atoms with E-state index in [0.717, 1.165) is 5.56 Å². The lowest BCUT2D eigenvalue weighted by Gasteiger charge is -2.19. The van der Waals surface area contributed by atoms with E-state index in [-0.39, 0.29) is 12.2 Å². The van der Waals surface area contributed by atoms with Gasteiger partial charge in [-0.1, -0.05) is 18.2 Å². The molecular formula is C25H28N2O5. The largest absolute Gasteiger partial charge is 0.497 e. The molecule has 3 N–H and O–H groups in total. The Hall–Kier alpha value is -3.74. The van der Waals surface area contributed by atoms with Crippen LogP contribution in [0.3, 0.4) is 0 Å². The van der Waals surface area contributed by atoms with Gasteiger partial charge in [0.05, 0.1) is 20.3 Å². The number of hydrogen-bond acceptors (Lipinski definition) is 5. The van der Waals surface area contributed by atoms with Crippen molar-refractivity contribution in [3.63, 3.8) is 0 Å². The van der Waals surface area contributed by atoms with Crippen LogP contribution in [0.2, 0.25) is 0 Å². The van der Waals surface area contributed by atoms with Crippen LogP contribution in [0, 0.1) is 0 Å². The molecule has 0 saturated heterocycles. The van der Waals surface area contributed by atoms with Gasteiger partial charge < -0.3 is 24.9 Å². The third-order valence-corrected chi connectivity index (χ3v) is 5.08. The van der Waals surface area contributed by atoms with Crippen LogP contribution in [0.5, 0.6) is 17.2 Å². The quantitative estimate of drug-likeness (QED) is 0.441. The molecule has 1 amide bonds. The molecule has 3 rings (SSSR count). The number of aromatic nitrogens is 1. The normalized spacial score (nSPS) is 11.6. The average molecular weight is 437 g/mol. The van der Waals surface area contributed by atoms with E-state index in [1.165, 1.54) is 0 Å². The molecule has 7 nitrogen and oxygen atoms in total. The van der Waals surface area contributed by atoms with Crippen molar-refractivity contribution >= 4 is 11.7 Å². The standard InChI is InChI=1S/C25H28N2O5/c1-4-31-21-10-9-16(14-22(21)32-5-2)20(15-23(26)28)24-19(11-12-27-24)25(29)17-7-6-8-18(13-17)30-3/h6-14,20,27H,4-5,15H2,1-3H3,(H2,26,28). The monoisotopic (exact) mass is 436 g/mol. The first-order valence-electron chi connectivity index (χ1n) is 10.5. The van der Waals surface area contributed by atoms with Crippen molar-refractivity contribution in [1.82, 2.24) is 4.98 Å². The van der Waals surface area contributed by atoms with Crippen molar-refractivity contribution in [3.05, 3.63) is 77.1 Å². The third-order valence-electron chi connectivity index (χ3n) is 5.08. The van der Waals surface area contributed by atoms with Crippen LogP contribution in [0.25, 0.3) is 0 Å². The van der Waals surface area contributed by atoms with Crippen LogP contribution in [-0.2, 0) is 4.79 Å². The number of ether oxygens (including phenoxy) is 3. The second-order valence-corrected chi connectivity index (χ2v) is 7.16. The van der Waals surface area contributed by atoms with Crippen LogP contribution >= 0.6 is 0 Å². The Balaban J connectivity index is 2.05. The molecule has 0 aliphatic heterocycles. The number of nitrogens with two attached hydrogens (primary N) is 1. The van der Waals surface area contributed by atoms with E-state index >= 15 is 0 Å². The first-order chi connectivity index (χ1) is 15.5. The second kappa shape index (κ2) is 10.5. The number of hydrogen-bond donors (Lipinski definition) is 2. The molecule has 0 bridgehead atoms. The number of benzene rings is 2. The first kappa shape index (κ1) is 22.9. The van der Waals surface area contributed by atoms with Crippen molar-refractivity contribution < 1.29 is 23.8 Å². The number of carbonyl (C=O) groups is 2. The van der Waals surface area contributed by atoms with Gasteiger partial charge in [0.25, 0.3) is 0 Å². The Bertz CT molecular complexity index is 1090. The summed E-state index contributed by atoms with van der Waals surface area (Å²) in [7, 11) is 1.55. The first-order valence-corrected chi connectivity index (χ1v) is 10.5. The molecular weight excluding hydrogens is 408 g/mol. The fourth-order valence-corrected chi connectivity index (χ4v) is 3.66. The zero-order valence-electron chi connectivity index (χ0n) is 18.5. The van der Waals surface area contributed by atoms with Crippen molar-refractivity contribution in [1.29, 1.82) is 0 Å². The maximum absolute atomic E-state index is 13.3. The Morgan fingerprint density at radius 1 is 1.00 bits per heavy atom. The van der Waals surface area contributed by atoms with E-state index in [9.17, 15) is 9.59 Å². The molecule has 168 valence electrons. The molecule has 0 aliphatic rings. The van der Waals surface area contributed by atoms with Crippen molar-refractivity contribution in [3.8, 4) is 17.2 Å². The molecule has 1 atom stereocenters. The molecule has 0 aliphatic carbocycles. The van der Waals surface area contributed by atoms with E-state index < -0.39 is 11.8 Å². The van der Waals surface area contributed by atoms with Crippen LogP contribution in [0.15, 0.2) is 54.7 Å². The summed E-state index contributed by atoms with van der Waals surface area (Å²) in [6, 6.07) is 14.2. The number of rotatable bonds is 11. The molecule has 0 fully saturated rings. The fourth-order valence-electron chi connectivity index (χ4n) is 3.66. The Kier molecular flexibility index (Phi) is 7.54. The predicted octanol–water partition coefficient (Wildman–Crippen LogP) is 4.06. The number of nitrogens with one attached hydrogen (secondary N) is 1. The third kappa shape index (κ3) is 5.11. The lowest BCUT2D eigenvalue weighted by molar-refractivity contribution is -0.118. The molecule has 1 unspecified atom stereocenters. The Morgan fingerprint density at radius 3 is 2.44 bits per heavy atom. The highest BCUT2D eigenvalue weighted by molar-refractivity contribution is 6.10. The molecule has 0 saturated carbocycles. The van der Waals surface area contributed by atoms with Gasteiger partial charge in [0.1, 0.15) is 5.75 Å². The lowest BCUT2D eigenvalue weighted by Crippen LogP contribution is -2.18. The van der Waals surface area contributed by atoms with Gasteiger partial charge in [-0.2, -0.15) is 0 Å². The number of H-pyrrole nitrogens is 1. The summed E-state index contributed by atoms with van der Waals surface area (Å²) in [6.07, 6.45) is 1.72. The van der Waals surface area contributed by atoms with E-state index in [2.05, 4.69) is 4.98 Å². The van der Waals surface area contributed by atoms with Gasteiger partial charge >= 0.3 is 0 Å². The van der Waals surface area contributed by atoms with Gasteiger partial charge in [0, 0.05) is 35.4 Å². The summed E-state index contributed by atoms with van der Waals surface area (Å²) in [4.78, 5) is 28.4. The van der Waals surface area contributed by atoms with E-state index in [1.54, 1.807) is 43.6 Å². The topological polar surface area (TPSA) is 104 Å². The van der Waals surface area contributed by atoms with Crippen LogP contribution < -0.4 is 19.9 Å². The highest BCUT2D eigenvalue weighted by Gasteiger charge is 2.26. The minimum Gasteiger partial charge on any atom is -0.497 e. The summed E-state index contributed by atoms with van der Waals surface area (Å²) in [6.45, 7) is 4.75. The van der Waals surface area contributed by atoms with Crippen molar-refractivity contribution in [2.24, 2.45) is 5.73 Å². The average Bonchev–Trinajstić information content (AvgIpc) is 3.28. The maximum atomic E-state index is 13.3. The summed E-state index contributed by atoms with van der Waals surface area (Å²) < 4.78 is 16.6. The zero-order chi connectivity index (χ0) is 23.1. The SMILES string of the molecule is CCOc1ccc(C(CC(N)=O)c2[nH]ccc2C(=O)c2cccc(OC)c2)cc1OCC. The van der Waals surface area contributed by atoms with Gasteiger partial charge in [-0.15, -0.1) is 0 Å². The molecule has 0 spiro atoms. The number of primary amides is 1.